The summed E-state index contributed by atoms with van der Waals surface area (Å²) < 4.78 is 0. The molecule has 3 aromatic rings. The smallest absolute Gasteiger partial charge is 0.319 e. The maximum absolute atomic E-state index is 12.6. The van der Waals surface area contributed by atoms with Crippen LogP contribution < -0.4 is 15.5 Å². The largest absolute Gasteiger partial charge is 0.368 e. The van der Waals surface area contributed by atoms with E-state index in [4.69, 9.17) is 0 Å². The van der Waals surface area contributed by atoms with Crippen molar-refractivity contribution < 1.29 is 9.59 Å². The minimum absolute atomic E-state index is 0.0159. The number of benzene rings is 3. The molecule has 0 unspecified atom stereocenters. The second-order valence-electron chi connectivity index (χ2n) is 7.83. The quantitative estimate of drug-likeness (QED) is 0.629. The van der Waals surface area contributed by atoms with E-state index < -0.39 is 0 Å². The van der Waals surface area contributed by atoms with Crippen molar-refractivity contribution in [1.29, 1.82) is 0 Å². The second-order valence-corrected chi connectivity index (χ2v) is 7.83. The molecule has 0 aliphatic carbocycles. The first-order valence-electron chi connectivity index (χ1n) is 10.9. The van der Waals surface area contributed by atoms with Gasteiger partial charge in [0.15, 0.2) is 0 Å². The molecule has 6 heteroatoms. The molecule has 0 saturated carbocycles. The Labute approximate surface area is 188 Å². The van der Waals surface area contributed by atoms with Gasteiger partial charge in [-0.3, -0.25) is 4.79 Å². The van der Waals surface area contributed by atoms with Crippen LogP contribution in [-0.2, 0) is 11.2 Å². The van der Waals surface area contributed by atoms with E-state index >= 15 is 0 Å². The standard InChI is InChI=1S/C26H28N4O2/c31-25(30-17-15-29(16-18-30)23-12-5-2-6-13-23)20-27-26(32)28-24-14-8-7-11-22(24)19-21-9-3-1-4-10-21/h1-14H,15-20H2,(H2,27,28,32). The van der Waals surface area contributed by atoms with E-state index in [-0.39, 0.29) is 18.5 Å². The first-order valence-corrected chi connectivity index (χ1v) is 10.9. The highest BCUT2D eigenvalue weighted by Gasteiger charge is 2.21. The number of nitrogens with zero attached hydrogens (tertiary/aromatic N) is 2. The molecule has 1 aliphatic heterocycles. The predicted molar refractivity (Wildman–Crippen MR) is 128 cm³/mol. The molecule has 1 fully saturated rings. The molecular weight excluding hydrogens is 400 g/mol. The molecule has 0 bridgehead atoms. The number of amides is 3. The van der Waals surface area contributed by atoms with Crippen LogP contribution in [0.15, 0.2) is 84.9 Å². The third-order valence-corrected chi connectivity index (χ3v) is 5.66. The van der Waals surface area contributed by atoms with E-state index in [1.807, 2.05) is 65.6 Å². The lowest BCUT2D eigenvalue weighted by molar-refractivity contribution is -0.130. The molecule has 0 aromatic heterocycles. The Bertz CT molecular complexity index is 1030. The minimum atomic E-state index is -0.373. The summed E-state index contributed by atoms with van der Waals surface area (Å²) in [6.45, 7) is 2.86. The first kappa shape index (κ1) is 21.4. The molecule has 3 amide bonds. The predicted octanol–water partition coefficient (Wildman–Crippen LogP) is 3.75. The van der Waals surface area contributed by atoms with Crippen LogP contribution in [0.1, 0.15) is 11.1 Å². The Kier molecular flexibility index (Phi) is 7.02. The Morgan fingerprint density at radius 1 is 0.750 bits per heavy atom. The molecule has 164 valence electrons. The highest BCUT2D eigenvalue weighted by atomic mass is 16.2. The third kappa shape index (κ3) is 5.66. The Morgan fingerprint density at radius 3 is 2.09 bits per heavy atom. The van der Waals surface area contributed by atoms with Crippen LogP contribution in [0.5, 0.6) is 0 Å². The van der Waals surface area contributed by atoms with Gasteiger partial charge in [0.2, 0.25) is 5.91 Å². The average Bonchev–Trinajstić information content (AvgIpc) is 2.85. The molecular formula is C26H28N4O2. The zero-order valence-corrected chi connectivity index (χ0v) is 18.0. The zero-order chi connectivity index (χ0) is 22.2. The van der Waals surface area contributed by atoms with Crippen molar-refractivity contribution in [1.82, 2.24) is 10.2 Å². The molecule has 1 saturated heterocycles. The number of carbonyl (C=O) groups is 2. The van der Waals surface area contributed by atoms with Crippen LogP contribution in [0.4, 0.5) is 16.2 Å². The monoisotopic (exact) mass is 428 g/mol. The summed E-state index contributed by atoms with van der Waals surface area (Å²) in [7, 11) is 0. The maximum atomic E-state index is 12.6. The van der Waals surface area contributed by atoms with E-state index in [0.717, 1.165) is 30.8 Å². The second kappa shape index (κ2) is 10.5. The van der Waals surface area contributed by atoms with E-state index in [1.165, 1.54) is 11.3 Å². The van der Waals surface area contributed by atoms with Gasteiger partial charge in [-0.05, 0) is 35.7 Å². The molecule has 4 rings (SSSR count). The molecule has 32 heavy (non-hydrogen) atoms. The maximum Gasteiger partial charge on any atom is 0.319 e. The lowest BCUT2D eigenvalue weighted by Gasteiger charge is -2.36. The van der Waals surface area contributed by atoms with Gasteiger partial charge >= 0.3 is 6.03 Å². The SMILES string of the molecule is O=C(NCC(=O)N1CCN(c2ccccc2)CC1)Nc1ccccc1Cc1ccccc1. The minimum Gasteiger partial charge on any atom is -0.368 e. The molecule has 0 atom stereocenters. The fourth-order valence-electron chi connectivity index (χ4n) is 3.90. The number of hydrogen-bond acceptors (Lipinski definition) is 3. The highest BCUT2D eigenvalue weighted by molar-refractivity contribution is 5.93. The number of urea groups is 1. The van der Waals surface area contributed by atoms with Crippen molar-refractivity contribution in [2.75, 3.05) is 42.9 Å². The summed E-state index contributed by atoms with van der Waals surface area (Å²) in [5.74, 6) is -0.0644. The zero-order valence-electron chi connectivity index (χ0n) is 18.0. The van der Waals surface area contributed by atoms with Crippen molar-refractivity contribution in [3.8, 4) is 0 Å². The van der Waals surface area contributed by atoms with Gasteiger partial charge < -0.3 is 20.4 Å². The van der Waals surface area contributed by atoms with Crippen LogP contribution in [0.25, 0.3) is 0 Å². The van der Waals surface area contributed by atoms with Gasteiger partial charge in [0.1, 0.15) is 0 Å². The van der Waals surface area contributed by atoms with Crippen LogP contribution in [0.2, 0.25) is 0 Å². The summed E-state index contributed by atoms with van der Waals surface area (Å²) in [5.41, 5.74) is 4.12. The van der Waals surface area contributed by atoms with Crippen LogP contribution in [0.3, 0.4) is 0 Å². The van der Waals surface area contributed by atoms with Crippen molar-refractivity contribution in [3.63, 3.8) is 0 Å². The lowest BCUT2D eigenvalue weighted by atomic mass is 10.0. The Hall–Kier alpha value is -3.80. The number of carbonyl (C=O) groups excluding carboxylic acids is 2. The number of nitrogens with one attached hydrogen (secondary N) is 2. The lowest BCUT2D eigenvalue weighted by Crippen LogP contribution is -2.51. The fraction of sp³-hybridized carbons (Fsp3) is 0.231. The number of hydrogen-bond donors (Lipinski definition) is 2. The molecule has 3 aromatic carbocycles. The van der Waals surface area contributed by atoms with Crippen molar-refractivity contribution >= 4 is 23.3 Å². The van der Waals surface area contributed by atoms with Crippen molar-refractivity contribution in [2.24, 2.45) is 0 Å². The number of para-hydroxylation sites is 2. The van der Waals surface area contributed by atoms with E-state index in [9.17, 15) is 9.59 Å². The topological polar surface area (TPSA) is 64.7 Å². The fourth-order valence-corrected chi connectivity index (χ4v) is 3.90. The molecule has 6 nitrogen and oxygen atoms in total. The Balaban J connectivity index is 1.25. The normalized spacial score (nSPS) is 13.5. The van der Waals surface area contributed by atoms with E-state index in [2.05, 4.69) is 39.8 Å². The highest BCUT2D eigenvalue weighted by Crippen LogP contribution is 2.19. The average molecular weight is 429 g/mol. The van der Waals surface area contributed by atoms with Gasteiger partial charge in [-0.1, -0.05) is 66.7 Å². The van der Waals surface area contributed by atoms with Gasteiger partial charge in [0, 0.05) is 37.6 Å². The molecule has 2 N–H and O–H groups in total. The van der Waals surface area contributed by atoms with Crippen LogP contribution >= 0.6 is 0 Å². The third-order valence-electron chi connectivity index (χ3n) is 5.66. The van der Waals surface area contributed by atoms with Crippen LogP contribution in [-0.4, -0.2) is 49.6 Å². The van der Waals surface area contributed by atoms with Gasteiger partial charge in [-0.25, -0.2) is 4.79 Å². The van der Waals surface area contributed by atoms with Gasteiger partial charge in [-0.2, -0.15) is 0 Å². The summed E-state index contributed by atoms with van der Waals surface area (Å²) in [4.78, 5) is 29.1. The summed E-state index contributed by atoms with van der Waals surface area (Å²) >= 11 is 0. The van der Waals surface area contributed by atoms with Gasteiger partial charge in [-0.15, -0.1) is 0 Å². The van der Waals surface area contributed by atoms with Gasteiger partial charge in [0.25, 0.3) is 0 Å². The van der Waals surface area contributed by atoms with Crippen LogP contribution in [0, 0.1) is 0 Å². The number of rotatable bonds is 6. The number of piperazine rings is 1. The summed E-state index contributed by atoms with van der Waals surface area (Å²) in [5, 5.41) is 5.60. The van der Waals surface area contributed by atoms with Crippen molar-refractivity contribution in [3.05, 3.63) is 96.1 Å². The number of anilines is 2. The molecule has 1 heterocycles. The first-order chi connectivity index (χ1) is 15.7. The molecule has 0 radical (unpaired) electrons. The summed E-state index contributed by atoms with van der Waals surface area (Å²) in [6.07, 6.45) is 0.724. The van der Waals surface area contributed by atoms with Crippen molar-refractivity contribution in [2.45, 2.75) is 6.42 Å². The Morgan fingerprint density at radius 2 is 1.38 bits per heavy atom. The van der Waals surface area contributed by atoms with E-state index in [0.29, 0.717) is 13.1 Å². The van der Waals surface area contributed by atoms with E-state index in [1.54, 1.807) is 0 Å². The summed E-state index contributed by atoms with van der Waals surface area (Å²) in [6, 6.07) is 27.7. The van der Waals surface area contributed by atoms with Gasteiger partial charge in [0.05, 0.1) is 6.54 Å². The molecule has 1 aliphatic rings. The molecule has 0 spiro atoms.